The number of rotatable bonds is 8. The summed E-state index contributed by atoms with van der Waals surface area (Å²) < 4.78 is 0. The molecule has 1 atom stereocenters. The summed E-state index contributed by atoms with van der Waals surface area (Å²) in [6.07, 6.45) is 6.46. The summed E-state index contributed by atoms with van der Waals surface area (Å²) >= 11 is 0. The summed E-state index contributed by atoms with van der Waals surface area (Å²) in [6, 6.07) is 5.25. The van der Waals surface area contributed by atoms with Gasteiger partial charge in [0.05, 0.1) is 12.2 Å². The van der Waals surface area contributed by atoms with Gasteiger partial charge in [0.25, 0.3) is 0 Å². The van der Waals surface area contributed by atoms with Crippen LogP contribution in [-0.4, -0.2) is 46.1 Å². The van der Waals surface area contributed by atoms with Crippen LogP contribution in [0.1, 0.15) is 49.9 Å². The Balaban J connectivity index is 1.48. The number of aliphatic carboxylic acids is 1. The molecule has 2 fully saturated rings. The number of nitrogens with one attached hydrogen (secondary N) is 1. The highest BCUT2D eigenvalue weighted by Crippen LogP contribution is 2.34. The smallest absolute Gasteiger partial charge is 0.317 e. The Labute approximate surface area is 138 Å². The summed E-state index contributed by atoms with van der Waals surface area (Å²) in [6.45, 7) is 5.37. The van der Waals surface area contributed by atoms with E-state index < -0.39 is 5.97 Å². The maximum atomic E-state index is 11.1. The third-order valence-electron chi connectivity index (χ3n) is 5.02. The molecule has 0 aliphatic heterocycles. The van der Waals surface area contributed by atoms with Crippen LogP contribution in [0.5, 0.6) is 0 Å². The largest absolute Gasteiger partial charge is 0.480 e. The highest BCUT2D eigenvalue weighted by Gasteiger charge is 2.37. The Bertz CT molecular complexity index is 553. The Morgan fingerprint density at radius 3 is 2.83 bits per heavy atom. The van der Waals surface area contributed by atoms with Crippen LogP contribution in [0.2, 0.25) is 0 Å². The molecule has 2 N–H and O–H groups in total. The average Bonchev–Trinajstić information content (AvgIpc) is 3.25. The topological polar surface area (TPSA) is 65.5 Å². The molecule has 1 aromatic heterocycles. The fourth-order valence-corrected chi connectivity index (χ4v) is 3.41. The first-order valence-corrected chi connectivity index (χ1v) is 8.65. The minimum Gasteiger partial charge on any atom is -0.480 e. The summed E-state index contributed by atoms with van der Waals surface area (Å²) in [5, 5.41) is 12.7. The standard InChI is InChI=1S/C18H27N3O2/c1-12-5-6-19-17(7-12)13(2)20-15-8-16(9-15)21(11-18(22)23)10-14-3-4-14/h5-7,13-16,20H,3-4,8-11H2,1-2H3,(H,22,23). The molecule has 0 spiro atoms. The zero-order valence-corrected chi connectivity index (χ0v) is 14.0. The molecule has 2 aliphatic rings. The quantitative estimate of drug-likeness (QED) is 0.770. The van der Waals surface area contributed by atoms with Crippen molar-refractivity contribution in [2.75, 3.05) is 13.1 Å². The van der Waals surface area contributed by atoms with Crippen LogP contribution < -0.4 is 5.32 Å². The van der Waals surface area contributed by atoms with Crippen molar-refractivity contribution in [3.05, 3.63) is 29.6 Å². The van der Waals surface area contributed by atoms with Crippen molar-refractivity contribution in [3.8, 4) is 0 Å². The van der Waals surface area contributed by atoms with Gasteiger partial charge in [-0.2, -0.15) is 0 Å². The van der Waals surface area contributed by atoms with Gasteiger partial charge in [0.15, 0.2) is 0 Å². The minimum atomic E-state index is -0.709. The number of carboxylic acid groups (broad SMARTS) is 1. The second-order valence-electron chi connectivity index (χ2n) is 7.24. The lowest BCUT2D eigenvalue weighted by Crippen LogP contribution is -2.54. The van der Waals surface area contributed by atoms with E-state index in [1.807, 2.05) is 12.3 Å². The molecule has 1 unspecified atom stereocenters. The second-order valence-corrected chi connectivity index (χ2v) is 7.24. The van der Waals surface area contributed by atoms with E-state index in [1.165, 1.54) is 18.4 Å². The SMILES string of the molecule is Cc1ccnc(C(C)NC2CC(N(CC(=O)O)CC3CC3)C2)c1. The molecule has 3 rings (SSSR count). The highest BCUT2D eigenvalue weighted by atomic mass is 16.4. The fraction of sp³-hybridized carbons (Fsp3) is 0.667. The van der Waals surface area contributed by atoms with Crippen LogP contribution in [0, 0.1) is 12.8 Å². The van der Waals surface area contributed by atoms with Crippen LogP contribution in [-0.2, 0) is 4.79 Å². The number of pyridine rings is 1. The predicted molar refractivity (Wildman–Crippen MR) is 89.3 cm³/mol. The lowest BCUT2D eigenvalue weighted by Gasteiger charge is -2.43. The van der Waals surface area contributed by atoms with Crippen molar-refractivity contribution < 1.29 is 9.90 Å². The van der Waals surface area contributed by atoms with Crippen LogP contribution in [0.25, 0.3) is 0 Å². The van der Waals surface area contributed by atoms with E-state index in [0.717, 1.165) is 31.0 Å². The lowest BCUT2D eigenvalue weighted by atomic mass is 9.84. The highest BCUT2D eigenvalue weighted by molar-refractivity contribution is 5.69. The number of hydrogen-bond acceptors (Lipinski definition) is 4. The molecule has 0 radical (unpaired) electrons. The monoisotopic (exact) mass is 317 g/mol. The third kappa shape index (κ3) is 4.52. The molecule has 5 nitrogen and oxygen atoms in total. The van der Waals surface area contributed by atoms with Crippen molar-refractivity contribution in [1.29, 1.82) is 0 Å². The van der Waals surface area contributed by atoms with Crippen LogP contribution in [0.3, 0.4) is 0 Å². The van der Waals surface area contributed by atoms with Crippen molar-refractivity contribution >= 4 is 5.97 Å². The van der Waals surface area contributed by atoms with E-state index >= 15 is 0 Å². The van der Waals surface area contributed by atoms with Gasteiger partial charge in [-0.25, -0.2) is 0 Å². The van der Waals surface area contributed by atoms with Crippen LogP contribution in [0.15, 0.2) is 18.3 Å². The Morgan fingerprint density at radius 1 is 1.48 bits per heavy atom. The molecule has 5 heteroatoms. The zero-order valence-electron chi connectivity index (χ0n) is 14.0. The maximum Gasteiger partial charge on any atom is 0.317 e. The molecule has 1 aromatic rings. The van der Waals surface area contributed by atoms with Crippen LogP contribution >= 0.6 is 0 Å². The van der Waals surface area contributed by atoms with E-state index in [9.17, 15) is 4.79 Å². The van der Waals surface area contributed by atoms with Gasteiger partial charge in [0.1, 0.15) is 0 Å². The number of carboxylic acids is 1. The first-order valence-electron chi connectivity index (χ1n) is 8.65. The number of carbonyl (C=O) groups is 1. The summed E-state index contributed by atoms with van der Waals surface area (Å²) in [4.78, 5) is 17.7. The molecular formula is C18H27N3O2. The molecule has 0 bridgehead atoms. The van der Waals surface area contributed by atoms with Gasteiger partial charge in [-0.05, 0) is 63.1 Å². The zero-order chi connectivity index (χ0) is 16.4. The van der Waals surface area contributed by atoms with Gasteiger partial charge in [-0.1, -0.05) is 0 Å². The maximum absolute atomic E-state index is 11.1. The Morgan fingerprint density at radius 2 is 2.22 bits per heavy atom. The molecule has 0 saturated heterocycles. The number of aryl methyl sites for hydroxylation is 1. The summed E-state index contributed by atoms with van der Waals surface area (Å²) in [5.41, 5.74) is 2.31. The third-order valence-corrected chi connectivity index (χ3v) is 5.02. The number of nitrogens with zero attached hydrogens (tertiary/aromatic N) is 2. The van der Waals surface area contributed by atoms with E-state index in [1.54, 1.807) is 0 Å². The summed E-state index contributed by atoms with van der Waals surface area (Å²) in [7, 11) is 0. The van der Waals surface area contributed by atoms with Gasteiger partial charge >= 0.3 is 5.97 Å². The number of hydrogen-bond donors (Lipinski definition) is 2. The fourth-order valence-electron chi connectivity index (χ4n) is 3.41. The molecular weight excluding hydrogens is 290 g/mol. The Hall–Kier alpha value is -1.46. The van der Waals surface area contributed by atoms with Crippen molar-refractivity contribution in [3.63, 3.8) is 0 Å². The van der Waals surface area contributed by atoms with Gasteiger partial charge in [0.2, 0.25) is 0 Å². The molecule has 126 valence electrons. The normalized spacial score (nSPS) is 25.2. The van der Waals surface area contributed by atoms with Crippen molar-refractivity contribution in [1.82, 2.24) is 15.2 Å². The Kier molecular flexibility index (Phi) is 4.97. The molecule has 23 heavy (non-hydrogen) atoms. The summed E-state index contributed by atoms with van der Waals surface area (Å²) in [5.74, 6) is 0.0242. The van der Waals surface area contributed by atoms with Crippen LogP contribution in [0.4, 0.5) is 0 Å². The van der Waals surface area contributed by atoms with Crippen molar-refractivity contribution in [2.24, 2.45) is 5.92 Å². The van der Waals surface area contributed by atoms with Gasteiger partial charge in [-0.3, -0.25) is 14.7 Å². The first kappa shape index (κ1) is 16.4. The predicted octanol–water partition coefficient (Wildman–Crippen LogP) is 2.37. The number of aromatic nitrogens is 1. The average molecular weight is 317 g/mol. The molecule has 2 aliphatic carbocycles. The van der Waals surface area contributed by atoms with E-state index in [4.69, 9.17) is 5.11 Å². The minimum absolute atomic E-state index is 0.183. The van der Waals surface area contributed by atoms with E-state index in [0.29, 0.717) is 12.1 Å². The molecule has 0 amide bonds. The van der Waals surface area contributed by atoms with E-state index in [2.05, 4.69) is 35.1 Å². The molecule has 1 heterocycles. The lowest BCUT2D eigenvalue weighted by molar-refractivity contribution is -0.139. The first-order chi connectivity index (χ1) is 11.0. The van der Waals surface area contributed by atoms with Crippen molar-refractivity contribution in [2.45, 2.75) is 57.7 Å². The van der Waals surface area contributed by atoms with Gasteiger partial charge in [-0.15, -0.1) is 0 Å². The molecule has 2 saturated carbocycles. The van der Waals surface area contributed by atoms with E-state index in [-0.39, 0.29) is 12.6 Å². The van der Waals surface area contributed by atoms with Gasteiger partial charge < -0.3 is 10.4 Å². The van der Waals surface area contributed by atoms with Gasteiger partial charge in [0, 0.05) is 30.9 Å². The molecule has 0 aromatic carbocycles. The second kappa shape index (κ2) is 6.97.